The number of rotatable bonds is 9. The molecule has 0 radical (unpaired) electrons. The SMILES string of the molecule is C=N/C(=N\C=C/C)C(=O)N1CCC(C(=O)N[C@@H](CC(=O)O)C(=O)COc2c(F)c(F)cc(F)c2F)CC1. The molecular weight excluding hydrogens is 504 g/mol. The molecular formula is C23H24F4N4O6. The van der Waals surface area contributed by atoms with Gasteiger partial charge in [0.25, 0.3) is 5.91 Å². The number of hydrogen-bond donors (Lipinski definition) is 2. The number of Topliss-reactive ketones (excluding diaryl/α,β-unsaturated/α-hetero) is 1. The van der Waals surface area contributed by atoms with Gasteiger partial charge >= 0.3 is 5.97 Å². The van der Waals surface area contributed by atoms with Crippen molar-refractivity contribution in [1.82, 2.24) is 10.2 Å². The molecule has 0 aromatic heterocycles. The lowest BCUT2D eigenvalue weighted by molar-refractivity contribution is -0.141. The standard InChI is InChI=1S/C23H24F4N4O6/c1-3-6-29-21(28-2)23(36)31-7-4-12(5-8-31)22(35)30-15(10-17(33)34)16(32)11-37-20-18(26)13(24)9-14(25)19(20)27/h3,6,9,12,15H,2,4-5,7-8,10-11H2,1H3,(H,30,35)(H,33,34)/b6-3-,29-21-/t15-/m0/s1. The van der Waals surface area contributed by atoms with Gasteiger partial charge in [0.1, 0.15) is 12.6 Å². The fraction of sp³-hybridized carbons (Fsp3) is 0.391. The number of allylic oxidation sites excluding steroid dienone is 1. The smallest absolute Gasteiger partial charge is 0.305 e. The number of hydrogen-bond acceptors (Lipinski definition) is 6. The van der Waals surface area contributed by atoms with E-state index in [1.807, 2.05) is 0 Å². The molecule has 37 heavy (non-hydrogen) atoms. The van der Waals surface area contributed by atoms with Crippen LogP contribution in [0.25, 0.3) is 0 Å². The highest BCUT2D eigenvalue weighted by atomic mass is 19.2. The van der Waals surface area contributed by atoms with Gasteiger partial charge in [-0.2, -0.15) is 8.78 Å². The molecule has 1 aromatic carbocycles. The van der Waals surface area contributed by atoms with E-state index in [0.29, 0.717) is 0 Å². The van der Waals surface area contributed by atoms with Crippen LogP contribution in [0.15, 0.2) is 28.3 Å². The topological polar surface area (TPSA) is 138 Å². The summed E-state index contributed by atoms with van der Waals surface area (Å²) in [6.07, 6.45) is 2.44. The molecule has 1 fully saturated rings. The second-order valence-corrected chi connectivity index (χ2v) is 7.87. The fourth-order valence-electron chi connectivity index (χ4n) is 3.43. The Labute approximate surface area is 208 Å². The number of carbonyl (C=O) groups is 4. The van der Waals surface area contributed by atoms with E-state index in [9.17, 15) is 36.7 Å². The molecule has 1 heterocycles. The van der Waals surface area contributed by atoms with E-state index < -0.39 is 77.6 Å². The van der Waals surface area contributed by atoms with E-state index in [1.165, 1.54) is 11.1 Å². The first-order valence-corrected chi connectivity index (χ1v) is 11.0. The number of aliphatic imine (C=N–C) groups is 2. The van der Waals surface area contributed by atoms with Crippen molar-refractivity contribution in [1.29, 1.82) is 0 Å². The number of ether oxygens (including phenoxy) is 1. The van der Waals surface area contributed by atoms with Crippen LogP contribution in [0.1, 0.15) is 26.2 Å². The van der Waals surface area contributed by atoms with Gasteiger partial charge in [0.05, 0.1) is 6.42 Å². The third-order valence-corrected chi connectivity index (χ3v) is 5.35. The van der Waals surface area contributed by atoms with Gasteiger partial charge in [0.15, 0.2) is 23.2 Å². The minimum Gasteiger partial charge on any atom is -0.481 e. The Bertz CT molecular complexity index is 1110. The molecule has 2 N–H and O–H groups in total. The molecule has 0 saturated carbocycles. The van der Waals surface area contributed by atoms with E-state index in [2.05, 4.69) is 26.8 Å². The van der Waals surface area contributed by atoms with Crippen molar-refractivity contribution in [2.75, 3.05) is 19.7 Å². The van der Waals surface area contributed by atoms with Crippen molar-refractivity contribution >= 4 is 36.1 Å². The summed E-state index contributed by atoms with van der Waals surface area (Å²) >= 11 is 0. The number of nitrogens with one attached hydrogen (secondary N) is 1. The Kier molecular flexibility index (Phi) is 10.5. The molecule has 14 heteroatoms. The molecule has 1 aromatic rings. The van der Waals surface area contributed by atoms with Crippen LogP contribution in [0.2, 0.25) is 0 Å². The van der Waals surface area contributed by atoms with Gasteiger partial charge in [-0.3, -0.25) is 19.2 Å². The Morgan fingerprint density at radius 2 is 1.78 bits per heavy atom. The van der Waals surface area contributed by atoms with Gasteiger partial charge in [-0.05, 0) is 26.5 Å². The van der Waals surface area contributed by atoms with E-state index in [-0.39, 0.29) is 37.8 Å². The van der Waals surface area contributed by atoms with Crippen LogP contribution in [-0.4, -0.2) is 71.9 Å². The molecule has 1 aliphatic rings. The highest BCUT2D eigenvalue weighted by Gasteiger charge is 2.32. The van der Waals surface area contributed by atoms with E-state index >= 15 is 0 Å². The number of halogens is 4. The summed E-state index contributed by atoms with van der Waals surface area (Å²) in [6.45, 7) is 4.12. The Morgan fingerprint density at radius 1 is 1.19 bits per heavy atom. The second-order valence-electron chi connectivity index (χ2n) is 7.87. The molecule has 200 valence electrons. The van der Waals surface area contributed by atoms with Crippen molar-refractivity contribution in [2.24, 2.45) is 15.9 Å². The maximum Gasteiger partial charge on any atom is 0.305 e. The van der Waals surface area contributed by atoms with Gasteiger partial charge in [-0.15, -0.1) is 0 Å². The Balaban J connectivity index is 2.02. The van der Waals surface area contributed by atoms with Crippen LogP contribution in [0.3, 0.4) is 0 Å². The summed E-state index contributed by atoms with van der Waals surface area (Å²) in [6, 6.07) is -1.70. The number of amidine groups is 1. The zero-order valence-corrected chi connectivity index (χ0v) is 19.7. The monoisotopic (exact) mass is 528 g/mol. The van der Waals surface area contributed by atoms with Gasteiger partial charge in [-0.25, -0.2) is 18.8 Å². The normalized spacial score (nSPS) is 15.4. The van der Waals surface area contributed by atoms with E-state index in [0.717, 1.165) is 0 Å². The van der Waals surface area contributed by atoms with Crippen molar-refractivity contribution in [3.63, 3.8) is 0 Å². The maximum atomic E-state index is 13.7. The molecule has 0 aliphatic carbocycles. The quantitative estimate of drug-likeness (QED) is 0.218. The van der Waals surface area contributed by atoms with Crippen molar-refractivity contribution < 1.29 is 46.6 Å². The van der Waals surface area contributed by atoms with Gasteiger partial charge in [-0.1, -0.05) is 6.08 Å². The summed E-state index contributed by atoms with van der Waals surface area (Å²) in [7, 11) is 0. The van der Waals surface area contributed by atoms with E-state index in [4.69, 9.17) is 5.11 Å². The summed E-state index contributed by atoms with van der Waals surface area (Å²) < 4.78 is 58.7. The maximum absolute atomic E-state index is 13.7. The third-order valence-electron chi connectivity index (χ3n) is 5.35. The summed E-state index contributed by atoms with van der Waals surface area (Å²) in [5.41, 5.74) is 0. The van der Waals surface area contributed by atoms with Crippen molar-refractivity contribution in [2.45, 2.75) is 32.2 Å². The molecule has 2 amide bonds. The average molecular weight is 528 g/mol. The highest BCUT2D eigenvalue weighted by molar-refractivity contribution is 6.39. The van der Waals surface area contributed by atoms with Crippen molar-refractivity contribution in [3.05, 3.63) is 41.6 Å². The third kappa shape index (κ3) is 7.69. The van der Waals surface area contributed by atoms with Crippen molar-refractivity contribution in [3.8, 4) is 5.75 Å². The molecule has 2 rings (SSSR count). The number of likely N-dealkylation sites (tertiary alicyclic amines) is 1. The van der Waals surface area contributed by atoms with Crippen LogP contribution in [0, 0.1) is 29.2 Å². The minimum absolute atomic E-state index is 0.0462. The van der Waals surface area contributed by atoms with E-state index in [1.54, 1.807) is 13.0 Å². The number of carboxylic acid groups (broad SMARTS) is 1. The number of aliphatic carboxylic acids is 1. The summed E-state index contributed by atoms with van der Waals surface area (Å²) in [5, 5.41) is 11.4. The Hall–Kier alpha value is -4.10. The number of ketones is 1. The van der Waals surface area contributed by atoms with Crippen LogP contribution < -0.4 is 10.1 Å². The molecule has 0 spiro atoms. The Morgan fingerprint density at radius 3 is 2.30 bits per heavy atom. The molecule has 1 atom stereocenters. The predicted octanol–water partition coefficient (Wildman–Crippen LogP) is 2.02. The fourth-order valence-corrected chi connectivity index (χ4v) is 3.43. The zero-order chi connectivity index (χ0) is 27.7. The lowest BCUT2D eigenvalue weighted by atomic mass is 9.95. The summed E-state index contributed by atoms with van der Waals surface area (Å²) in [5.74, 6) is -13.3. The zero-order valence-electron chi connectivity index (χ0n) is 19.7. The summed E-state index contributed by atoms with van der Waals surface area (Å²) in [4.78, 5) is 57.7. The predicted molar refractivity (Wildman–Crippen MR) is 122 cm³/mol. The largest absolute Gasteiger partial charge is 0.481 e. The average Bonchev–Trinajstić information content (AvgIpc) is 2.87. The molecule has 1 aliphatic heterocycles. The number of carbonyl (C=O) groups excluding carboxylic acids is 3. The first kappa shape index (κ1) is 29.1. The number of nitrogens with zero attached hydrogens (tertiary/aromatic N) is 3. The van der Waals surface area contributed by atoms with Crippen LogP contribution in [-0.2, 0) is 19.2 Å². The lowest BCUT2D eigenvalue weighted by Crippen LogP contribution is -2.49. The first-order chi connectivity index (χ1) is 17.5. The van der Waals surface area contributed by atoms with Crippen LogP contribution >= 0.6 is 0 Å². The van der Waals surface area contributed by atoms with Gasteiger partial charge in [0, 0.05) is 31.3 Å². The lowest BCUT2D eigenvalue weighted by Gasteiger charge is -2.31. The van der Waals surface area contributed by atoms with Crippen LogP contribution in [0.4, 0.5) is 17.6 Å². The van der Waals surface area contributed by atoms with Crippen LogP contribution in [0.5, 0.6) is 5.75 Å². The number of amides is 2. The number of piperidine rings is 1. The van der Waals surface area contributed by atoms with Gasteiger partial charge < -0.3 is 20.1 Å². The van der Waals surface area contributed by atoms with Gasteiger partial charge in [0.2, 0.25) is 23.4 Å². The first-order valence-electron chi connectivity index (χ1n) is 11.0. The number of carboxylic acids is 1. The molecule has 10 nitrogen and oxygen atoms in total. The molecule has 1 saturated heterocycles. The number of benzene rings is 1. The molecule has 0 unspecified atom stereocenters. The second kappa shape index (κ2) is 13.3. The highest BCUT2D eigenvalue weighted by Crippen LogP contribution is 2.26. The molecule has 0 bridgehead atoms. The minimum atomic E-state index is -1.88.